The Hall–Kier alpha value is -7.20. The van der Waals surface area contributed by atoms with E-state index in [1.807, 2.05) is 0 Å². The molecule has 0 amide bonds. The smallest absolute Gasteiger partial charge is 0.296 e. The minimum absolute atomic E-state index is 0.107. The molecule has 278 valence electrons. The number of nitro groups is 1. The van der Waals surface area contributed by atoms with Gasteiger partial charge < -0.3 is 17.2 Å². The fourth-order valence-corrected chi connectivity index (χ4v) is 6.56. The highest BCUT2D eigenvalue weighted by Gasteiger charge is 2.37. The topological polar surface area (TPSA) is 321 Å². The number of anilines is 4. The summed E-state index contributed by atoms with van der Waals surface area (Å²) in [4.78, 5) is 22.3. The van der Waals surface area contributed by atoms with Crippen LogP contribution in [-0.4, -0.2) is 42.4 Å². The molecular formula is C34H26N10O9S2. The van der Waals surface area contributed by atoms with Crippen LogP contribution < -0.4 is 22.6 Å². The molecule has 0 unspecified atom stereocenters. The summed E-state index contributed by atoms with van der Waals surface area (Å²) in [6.07, 6.45) is 0.746. The minimum atomic E-state index is -5.16. The van der Waals surface area contributed by atoms with Crippen LogP contribution in [0.15, 0.2) is 132 Å². The Labute approximate surface area is 311 Å². The van der Waals surface area contributed by atoms with Crippen molar-refractivity contribution in [1.29, 1.82) is 0 Å². The molecule has 0 saturated heterocycles. The van der Waals surface area contributed by atoms with Crippen molar-refractivity contribution in [2.45, 2.75) is 4.90 Å². The van der Waals surface area contributed by atoms with Gasteiger partial charge in [0.1, 0.15) is 21.2 Å². The fraction of sp³-hybridized carbons (Fsp3) is 0. The second-order valence-electron chi connectivity index (χ2n) is 11.6. The van der Waals surface area contributed by atoms with Crippen LogP contribution in [0.2, 0.25) is 0 Å². The van der Waals surface area contributed by atoms with Crippen LogP contribution in [-0.2, 0) is 20.2 Å². The lowest BCUT2D eigenvalue weighted by molar-refractivity contribution is -0.384. The molecule has 0 aliphatic heterocycles. The molecule has 1 aliphatic carbocycles. The molecule has 1 aliphatic rings. The lowest BCUT2D eigenvalue weighted by atomic mass is 9.92. The van der Waals surface area contributed by atoms with E-state index in [9.17, 15) is 40.8 Å². The number of Topliss-reactive ketones (excluding diaryl/α,β-unsaturated/α-hetero) is 1. The van der Waals surface area contributed by atoms with Gasteiger partial charge >= 0.3 is 0 Å². The van der Waals surface area contributed by atoms with E-state index in [1.165, 1.54) is 18.2 Å². The molecule has 0 bridgehead atoms. The summed E-state index contributed by atoms with van der Waals surface area (Å²) in [5.74, 6) is -1.17. The first-order valence-corrected chi connectivity index (χ1v) is 18.3. The van der Waals surface area contributed by atoms with Gasteiger partial charge in [-0.3, -0.25) is 29.4 Å². The molecule has 9 N–H and O–H groups in total. The Morgan fingerprint density at radius 1 is 0.727 bits per heavy atom. The molecule has 0 radical (unpaired) electrons. The molecule has 6 rings (SSSR count). The van der Waals surface area contributed by atoms with E-state index in [0.29, 0.717) is 28.8 Å². The van der Waals surface area contributed by atoms with Gasteiger partial charge in [0.15, 0.2) is 5.71 Å². The van der Waals surface area contributed by atoms with Crippen LogP contribution in [0.1, 0.15) is 15.9 Å². The summed E-state index contributed by atoms with van der Waals surface area (Å²) in [6.45, 7) is 0. The number of nitro benzene ring substituents is 1. The Kier molecular flexibility index (Phi) is 10.0. The van der Waals surface area contributed by atoms with Crippen molar-refractivity contribution in [2.75, 3.05) is 22.6 Å². The average molecular weight is 783 g/mol. The molecule has 0 spiro atoms. The highest BCUT2D eigenvalue weighted by atomic mass is 32.2. The van der Waals surface area contributed by atoms with E-state index < -0.39 is 69.0 Å². The van der Waals surface area contributed by atoms with Crippen LogP contribution in [0, 0.1) is 10.1 Å². The number of non-ortho nitro benzene ring substituents is 1. The SMILES string of the molecule is Nc1ccc(N=Nc2ccc(-c3ccc(N/N=C4\C(=O)c5c(cc(S(=O)(=O)O)c(N=Nc6cccc([N+](=O)[O-])c6)c5N)C=C4S(=O)(=O)O)cc3)cc2)c(N)c1. The third-order valence-corrected chi connectivity index (χ3v) is 9.60. The van der Waals surface area contributed by atoms with Crippen LogP contribution in [0.5, 0.6) is 0 Å². The summed E-state index contributed by atoms with van der Waals surface area (Å²) < 4.78 is 69.5. The van der Waals surface area contributed by atoms with Crippen LogP contribution in [0.4, 0.5) is 51.2 Å². The predicted octanol–water partition coefficient (Wildman–Crippen LogP) is 6.98. The van der Waals surface area contributed by atoms with Crippen molar-refractivity contribution in [1.82, 2.24) is 0 Å². The molecule has 55 heavy (non-hydrogen) atoms. The van der Waals surface area contributed by atoms with E-state index >= 15 is 0 Å². The van der Waals surface area contributed by atoms with Gasteiger partial charge in [-0.1, -0.05) is 30.3 Å². The number of benzene rings is 5. The van der Waals surface area contributed by atoms with Crippen molar-refractivity contribution >= 4 is 89.0 Å². The van der Waals surface area contributed by atoms with Crippen molar-refractivity contribution < 1.29 is 35.7 Å². The van der Waals surface area contributed by atoms with Gasteiger partial charge in [-0.15, -0.1) is 10.2 Å². The lowest BCUT2D eigenvalue weighted by Gasteiger charge is -2.20. The number of hydrogen-bond donors (Lipinski definition) is 6. The van der Waals surface area contributed by atoms with Gasteiger partial charge in [0.05, 0.1) is 38.9 Å². The summed E-state index contributed by atoms with van der Waals surface area (Å²) in [5, 5.41) is 31.0. The molecule has 0 heterocycles. The van der Waals surface area contributed by atoms with E-state index in [2.05, 4.69) is 31.0 Å². The summed E-state index contributed by atoms with van der Waals surface area (Å²) in [5.41, 5.74) is 20.6. The first-order chi connectivity index (χ1) is 26.0. The number of nitrogen functional groups attached to an aromatic ring is 3. The van der Waals surface area contributed by atoms with Crippen LogP contribution in [0.3, 0.4) is 0 Å². The van der Waals surface area contributed by atoms with Gasteiger partial charge in [-0.25, -0.2) is 0 Å². The summed E-state index contributed by atoms with van der Waals surface area (Å²) in [6, 6.07) is 24.0. The lowest BCUT2D eigenvalue weighted by Crippen LogP contribution is -2.28. The van der Waals surface area contributed by atoms with Gasteiger partial charge in [-0.2, -0.15) is 32.2 Å². The molecule has 0 fully saturated rings. The van der Waals surface area contributed by atoms with Crippen LogP contribution >= 0.6 is 0 Å². The molecule has 0 atom stereocenters. The predicted molar refractivity (Wildman–Crippen MR) is 204 cm³/mol. The number of hydrazone groups is 1. The van der Waals surface area contributed by atoms with E-state index in [1.54, 1.807) is 66.7 Å². The molecule has 21 heteroatoms. The minimum Gasteiger partial charge on any atom is -0.399 e. The van der Waals surface area contributed by atoms with E-state index in [4.69, 9.17) is 17.2 Å². The number of nitrogens with zero attached hydrogens (tertiary/aromatic N) is 6. The monoisotopic (exact) mass is 782 g/mol. The number of azo groups is 2. The number of carbonyl (C=O) groups excluding carboxylic acids is 1. The fourth-order valence-electron chi connectivity index (χ4n) is 5.23. The zero-order valence-corrected chi connectivity index (χ0v) is 29.4. The number of hydrogen-bond acceptors (Lipinski definition) is 16. The number of nitrogens with two attached hydrogens (primary N) is 3. The van der Waals surface area contributed by atoms with Gasteiger partial charge in [0.25, 0.3) is 25.9 Å². The third-order valence-electron chi connectivity index (χ3n) is 7.86. The highest BCUT2D eigenvalue weighted by Crippen LogP contribution is 2.41. The number of nitrogens with one attached hydrogen (secondary N) is 1. The van der Waals surface area contributed by atoms with Crippen molar-refractivity contribution in [2.24, 2.45) is 25.6 Å². The number of carbonyl (C=O) groups is 1. The van der Waals surface area contributed by atoms with E-state index in [-0.39, 0.29) is 17.1 Å². The zero-order valence-electron chi connectivity index (χ0n) is 27.8. The second kappa shape index (κ2) is 14.7. The Morgan fingerprint density at radius 2 is 1.38 bits per heavy atom. The maximum absolute atomic E-state index is 13.8. The Bertz CT molecular complexity index is 2750. The third kappa shape index (κ3) is 8.23. The van der Waals surface area contributed by atoms with Gasteiger partial charge in [0, 0.05) is 17.8 Å². The second-order valence-corrected chi connectivity index (χ2v) is 14.4. The zero-order chi connectivity index (χ0) is 39.7. The first kappa shape index (κ1) is 37.6. The van der Waals surface area contributed by atoms with Crippen LogP contribution in [0.25, 0.3) is 17.2 Å². The summed E-state index contributed by atoms with van der Waals surface area (Å²) in [7, 11) is -10.3. The maximum atomic E-state index is 13.8. The normalized spacial score (nSPS) is 14.0. The highest BCUT2D eigenvalue weighted by molar-refractivity contribution is 7.91. The molecule has 0 aromatic heterocycles. The van der Waals surface area contributed by atoms with Crippen molar-refractivity contribution in [3.63, 3.8) is 0 Å². The number of allylic oxidation sites excluding steroid dienone is 1. The molecule has 0 saturated carbocycles. The number of ketones is 1. The van der Waals surface area contributed by atoms with Crippen molar-refractivity contribution in [3.8, 4) is 11.1 Å². The molecule has 19 nitrogen and oxygen atoms in total. The van der Waals surface area contributed by atoms with E-state index in [0.717, 1.165) is 23.3 Å². The Balaban J connectivity index is 1.29. The molecule has 5 aromatic rings. The van der Waals surface area contributed by atoms with Gasteiger partial charge in [-0.05, 0) is 77.4 Å². The maximum Gasteiger partial charge on any atom is 0.296 e. The van der Waals surface area contributed by atoms with Gasteiger partial charge in [0.2, 0.25) is 5.78 Å². The number of rotatable bonds is 10. The summed E-state index contributed by atoms with van der Waals surface area (Å²) >= 11 is 0. The average Bonchev–Trinajstić information content (AvgIpc) is 3.13. The molecular weight excluding hydrogens is 757 g/mol. The quantitative estimate of drug-likeness (QED) is 0.0274. The van der Waals surface area contributed by atoms with Crippen molar-refractivity contribution in [3.05, 3.63) is 123 Å². The molecule has 5 aromatic carbocycles. The Morgan fingerprint density at radius 3 is 2.00 bits per heavy atom. The first-order valence-electron chi connectivity index (χ1n) is 15.4. The standard InChI is InChI=1S/C34H26N10O9S2/c35-21-8-13-27(26(36)16-21)41-38-22-9-4-18(5-10-22)19-6-11-23(12-7-19)39-43-33-29(55(51,52)53)15-20-14-28(54(48,49)50)32(31(37)30(20)34(33)45)42-40-24-2-1-3-25(17-24)44(46)47/h1-17,39H,35-37H2,(H,48,49,50)(H,51,52,53)/b41-38?,42-40?,43-33-. The number of fused-ring (bicyclic) bond motifs is 1. The largest absolute Gasteiger partial charge is 0.399 e.